The lowest BCUT2D eigenvalue weighted by molar-refractivity contribution is -0.130. The van der Waals surface area contributed by atoms with Crippen molar-refractivity contribution in [3.63, 3.8) is 0 Å². The molecule has 0 saturated carbocycles. The van der Waals surface area contributed by atoms with Crippen molar-refractivity contribution in [2.24, 2.45) is 0 Å². The Morgan fingerprint density at radius 2 is 1.81 bits per heavy atom. The van der Waals surface area contributed by atoms with Crippen LogP contribution in [0.2, 0.25) is 0 Å². The average molecular weight is 425 g/mol. The SMILES string of the molecule is COc1cc2ncn(CCCC(=O)N(C)CCOc3ccccc3)c(=O)c2cc1OC. The molecule has 0 fully saturated rings. The normalized spacial score (nSPS) is 10.7. The molecule has 31 heavy (non-hydrogen) atoms. The summed E-state index contributed by atoms with van der Waals surface area (Å²) in [4.78, 5) is 31.1. The van der Waals surface area contributed by atoms with Crippen LogP contribution in [0.25, 0.3) is 10.9 Å². The van der Waals surface area contributed by atoms with E-state index in [-0.39, 0.29) is 11.5 Å². The molecular weight excluding hydrogens is 398 g/mol. The Hall–Kier alpha value is -3.55. The number of hydrogen-bond acceptors (Lipinski definition) is 6. The Morgan fingerprint density at radius 1 is 1.10 bits per heavy atom. The zero-order valence-corrected chi connectivity index (χ0v) is 18.0. The highest BCUT2D eigenvalue weighted by Gasteiger charge is 2.12. The number of aromatic nitrogens is 2. The second kappa shape index (κ2) is 10.5. The molecular formula is C23H27N3O5. The van der Waals surface area contributed by atoms with E-state index in [0.29, 0.717) is 54.9 Å². The average Bonchev–Trinajstić information content (AvgIpc) is 2.80. The fraction of sp³-hybridized carbons (Fsp3) is 0.348. The van der Waals surface area contributed by atoms with E-state index in [1.54, 1.807) is 24.1 Å². The first kappa shape index (κ1) is 22.1. The Balaban J connectivity index is 1.54. The van der Waals surface area contributed by atoms with Crippen LogP contribution in [0.15, 0.2) is 53.6 Å². The third kappa shape index (κ3) is 5.53. The van der Waals surface area contributed by atoms with E-state index in [1.807, 2.05) is 30.3 Å². The molecule has 0 aliphatic heterocycles. The zero-order chi connectivity index (χ0) is 22.2. The van der Waals surface area contributed by atoms with Gasteiger partial charge in [-0.2, -0.15) is 0 Å². The zero-order valence-electron chi connectivity index (χ0n) is 18.0. The van der Waals surface area contributed by atoms with Crippen molar-refractivity contribution < 1.29 is 19.0 Å². The summed E-state index contributed by atoms with van der Waals surface area (Å²) in [5, 5.41) is 0.446. The third-order valence-corrected chi connectivity index (χ3v) is 4.98. The highest BCUT2D eigenvalue weighted by Crippen LogP contribution is 2.29. The first-order valence-electron chi connectivity index (χ1n) is 10.1. The van der Waals surface area contributed by atoms with Gasteiger partial charge in [0.15, 0.2) is 11.5 Å². The monoisotopic (exact) mass is 425 g/mol. The summed E-state index contributed by atoms with van der Waals surface area (Å²) in [6, 6.07) is 12.8. The minimum Gasteiger partial charge on any atom is -0.493 e. The van der Waals surface area contributed by atoms with Gasteiger partial charge in [0.1, 0.15) is 12.4 Å². The smallest absolute Gasteiger partial charge is 0.261 e. The molecule has 0 radical (unpaired) electrons. The predicted octanol–water partition coefficient (Wildman–Crippen LogP) is 2.73. The number of carbonyl (C=O) groups excluding carboxylic acids is 1. The number of rotatable bonds is 10. The second-order valence-corrected chi connectivity index (χ2v) is 7.05. The molecule has 0 bridgehead atoms. The fourth-order valence-corrected chi connectivity index (χ4v) is 3.18. The number of amides is 1. The van der Waals surface area contributed by atoms with Crippen molar-refractivity contribution in [3.8, 4) is 17.2 Å². The topological polar surface area (TPSA) is 82.9 Å². The molecule has 1 aromatic heterocycles. The maximum Gasteiger partial charge on any atom is 0.261 e. The largest absolute Gasteiger partial charge is 0.493 e. The minimum atomic E-state index is -0.178. The molecule has 0 spiro atoms. The lowest BCUT2D eigenvalue weighted by atomic mass is 10.2. The van der Waals surface area contributed by atoms with Crippen molar-refractivity contribution in [3.05, 3.63) is 59.1 Å². The number of methoxy groups -OCH3 is 2. The highest BCUT2D eigenvalue weighted by atomic mass is 16.5. The van der Waals surface area contributed by atoms with Crippen LogP contribution < -0.4 is 19.8 Å². The van der Waals surface area contributed by atoms with Gasteiger partial charge in [-0.05, 0) is 24.6 Å². The predicted molar refractivity (Wildman–Crippen MR) is 118 cm³/mol. The van der Waals surface area contributed by atoms with E-state index in [9.17, 15) is 9.59 Å². The van der Waals surface area contributed by atoms with Crippen LogP contribution >= 0.6 is 0 Å². The van der Waals surface area contributed by atoms with E-state index in [4.69, 9.17) is 14.2 Å². The number of ether oxygens (including phenoxy) is 3. The number of carbonyl (C=O) groups is 1. The first-order valence-corrected chi connectivity index (χ1v) is 10.1. The molecule has 3 rings (SSSR count). The van der Waals surface area contributed by atoms with E-state index in [1.165, 1.54) is 25.1 Å². The van der Waals surface area contributed by atoms with Gasteiger partial charge >= 0.3 is 0 Å². The van der Waals surface area contributed by atoms with Crippen molar-refractivity contribution in [2.45, 2.75) is 19.4 Å². The molecule has 0 atom stereocenters. The Bertz CT molecular complexity index is 1080. The number of benzene rings is 2. The summed E-state index contributed by atoms with van der Waals surface area (Å²) >= 11 is 0. The van der Waals surface area contributed by atoms with Crippen LogP contribution in [0, 0.1) is 0 Å². The van der Waals surface area contributed by atoms with Crippen molar-refractivity contribution >= 4 is 16.8 Å². The van der Waals surface area contributed by atoms with Crippen LogP contribution in [-0.2, 0) is 11.3 Å². The second-order valence-electron chi connectivity index (χ2n) is 7.05. The van der Waals surface area contributed by atoms with Gasteiger partial charge in [-0.15, -0.1) is 0 Å². The quantitative estimate of drug-likeness (QED) is 0.497. The van der Waals surface area contributed by atoms with Crippen LogP contribution in [0.5, 0.6) is 17.2 Å². The molecule has 3 aromatic rings. The van der Waals surface area contributed by atoms with Gasteiger partial charge in [-0.3, -0.25) is 14.2 Å². The maximum atomic E-state index is 12.8. The minimum absolute atomic E-state index is 0.00450. The molecule has 0 aliphatic carbocycles. The molecule has 164 valence electrons. The number of likely N-dealkylation sites (N-methyl/N-ethyl adjacent to an activating group) is 1. The summed E-state index contributed by atoms with van der Waals surface area (Å²) < 4.78 is 17.7. The van der Waals surface area contributed by atoms with E-state index < -0.39 is 0 Å². The molecule has 1 heterocycles. The Labute approximate surface area is 181 Å². The summed E-state index contributed by atoms with van der Waals surface area (Å²) in [7, 11) is 4.80. The molecule has 0 saturated heterocycles. The van der Waals surface area contributed by atoms with Crippen molar-refractivity contribution in [1.29, 1.82) is 0 Å². The summed E-state index contributed by atoms with van der Waals surface area (Å²) in [5.74, 6) is 1.77. The number of fused-ring (bicyclic) bond motifs is 1. The van der Waals surface area contributed by atoms with Gasteiger partial charge in [0, 0.05) is 26.1 Å². The fourth-order valence-electron chi connectivity index (χ4n) is 3.18. The Kier molecular flexibility index (Phi) is 7.48. The molecule has 2 aromatic carbocycles. The van der Waals surface area contributed by atoms with Crippen LogP contribution in [-0.4, -0.2) is 54.8 Å². The van der Waals surface area contributed by atoms with E-state index >= 15 is 0 Å². The van der Waals surface area contributed by atoms with E-state index in [0.717, 1.165) is 5.75 Å². The molecule has 0 aliphatic rings. The number of hydrogen-bond donors (Lipinski definition) is 0. The highest BCUT2D eigenvalue weighted by molar-refractivity contribution is 5.81. The van der Waals surface area contributed by atoms with Crippen molar-refractivity contribution in [1.82, 2.24) is 14.5 Å². The van der Waals surface area contributed by atoms with Gasteiger partial charge in [-0.25, -0.2) is 4.98 Å². The van der Waals surface area contributed by atoms with Gasteiger partial charge in [0.05, 0.1) is 38.0 Å². The molecule has 1 amide bonds. The Morgan fingerprint density at radius 3 is 2.52 bits per heavy atom. The lowest BCUT2D eigenvalue weighted by Crippen LogP contribution is -2.31. The summed E-state index contributed by atoms with van der Waals surface area (Å²) in [6.45, 7) is 1.31. The lowest BCUT2D eigenvalue weighted by Gasteiger charge is -2.17. The molecule has 8 nitrogen and oxygen atoms in total. The third-order valence-electron chi connectivity index (χ3n) is 4.98. The number of para-hydroxylation sites is 1. The van der Waals surface area contributed by atoms with Gasteiger partial charge < -0.3 is 19.1 Å². The number of aryl methyl sites for hydroxylation is 1. The summed E-state index contributed by atoms with van der Waals surface area (Å²) in [6.07, 6.45) is 2.36. The molecule has 0 N–H and O–H groups in total. The van der Waals surface area contributed by atoms with Gasteiger partial charge in [0.2, 0.25) is 5.91 Å². The van der Waals surface area contributed by atoms with Crippen LogP contribution in [0.1, 0.15) is 12.8 Å². The summed E-state index contributed by atoms with van der Waals surface area (Å²) in [5.41, 5.74) is 0.358. The first-order chi connectivity index (χ1) is 15.0. The van der Waals surface area contributed by atoms with Crippen molar-refractivity contribution in [2.75, 3.05) is 34.4 Å². The molecule has 8 heteroatoms. The molecule has 0 unspecified atom stereocenters. The van der Waals surface area contributed by atoms with Crippen LogP contribution in [0.3, 0.4) is 0 Å². The van der Waals surface area contributed by atoms with Gasteiger partial charge in [-0.1, -0.05) is 18.2 Å². The maximum absolute atomic E-state index is 12.8. The van der Waals surface area contributed by atoms with E-state index in [2.05, 4.69) is 4.98 Å². The standard InChI is InChI=1S/C23H27N3O5/c1-25(12-13-31-17-8-5-4-6-9-17)22(27)10-7-11-26-16-24-19-15-21(30-3)20(29-2)14-18(19)23(26)28/h4-6,8-9,14-16H,7,10-13H2,1-3H3. The number of nitrogens with zero attached hydrogens (tertiary/aromatic N) is 3. The van der Waals surface area contributed by atoms with Crippen LogP contribution in [0.4, 0.5) is 0 Å². The van der Waals surface area contributed by atoms with Gasteiger partial charge in [0.25, 0.3) is 5.56 Å².